The summed E-state index contributed by atoms with van der Waals surface area (Å²) in [5.41, 5.74) is 0. The first-order valence-electron chi connectivity index (χ1n) is 6.00. The molecule has 0 saturated carbocycles. The zero-order valence-corrected chi connectivity index (χ0v) is 11.9. The average Bonchev–Trinajstić information content (AvgIpc) is 2.96. The minimum absolute atomic E-state index is 0.377. The fourth-order valence-corrected chi connectivity index (χ4v) is 4.02. The Bertz CT molecular complexity index is 345. The van der Waals surface area contributed by atoms with E-state index in [1.54, 1.807) is 0 Å². The third-order valence-electron chi connectivity index (χ3n) is 2.83. The van der Waals surface area contributed by atoms with E-state index < -0.39 is 0 Å². The Morgan fingerprint density at radius 2 is 2.41 bits per heavy atom. The first-order valence-corrected chi connectivity index (χ1v) is 8.31. The molecular formula is C11H19N3OS2. The summed E-state index contributed by atoms with van der Waals surface area (Å²) in [6.45, 7) is 2.18. The molecule has 2 unspecified atom stereocenters. The average molecular weight is 273 g/mol. The van der Waals surface area contributed by atoms with Gasteiger partial charge in [0.1, 0.15) is 0 Å². The van der Waals surface area contributed by atoms with E-state index in [0.717, 1.165) is 34.7 Å². The topological polar surface area (TPSA) is 51.0 Å². The van der Waals surface area contributed by atoms with Gasteiger partial charge >= 0.3 is 0 Å². The SMILES string of the molecule is CCCSCc1noc(C2CSCC2NC)n1. The Hall–Kier alpha value is -0.200. The van der Waals surface area contributed by atoms with Crippen molar-refractivity contribution in [1.82, 2.24) is 15.5 Å². The number of hydrogen-bond donors (Lipinski definition) is 1. The van der Waals surface area contributed by atoms with Gasteiger partial charge in [-0.05, 0) is 19.2 Å². The first-order chi connectivity index (χ1) is 8.35. The Morgan fingerprint density at radius 3 is 3.18 bits per heavy atom. The molecule has 17 heavy (non-hydrogen) atoms. The predicted molar refractivity (Wildman–Crippen MR) is 73.7 cm³/mol. The van der Waals surface area contributed by atoms with Crippen molar-refractivity contribution in [1.29, 1.82) is 0 Å². The van der Waals surface area contributed by atoms with Crippen LogP contribution in [0.4, 0.5) is 0 Å². The van der Waals surface area contributed by atoms with Crippen LogP contribution in [0.5, 0.6) is 0 Å². The number of rotatable bonds is 6. The van der Waals surface area contributed by atoms with E-state index in [1.807, 2.05) is 30.6 Å². The lowest BCUT2D eigenvalue weighted by Gasteiger charge is -2.13. The molecule has 4 nitrogen and oxygen atoms in total. The summed E-state index contributed by atoms with van der Waals surface area (Å²) >= 11 is 3.81. The molecule has 1 fully saturated rings. The number of nitrogens with zero attached hydrogens (tertiary/aromatic N) is 2. The molecule has 6 heteroatoms. The second-order valence-electron chi connectivity index (χ2n) is 4.14. The monoisotopic (exact) mass is 273 g/mol. The molecule has 2 atom stereocenters. The molecule has 0 bridgehead atoms. The van der Waals surface area contributed by atoms with Gasteiger partial charge in [-0.25, -0.2) is 0 Å². The zero-order valence-electron chi connectivity index (χ0n) is 10.3. The van der Waals surface area contributed by atoms with Crippen LogP contribution >= 0.6 is 23.5 Å². The summed E-state index contributed by atoms with van der Waals surface area (Å²) in [4.78, 5) is 4.51. The minimum atomic E-state index is 0.377. The number of nitrogens with one attached hydrogen (secondary N) is 1. The molecule has 96 valence electrons. The van der Waals surface area contributed by atoms with Crippen molar-refractivity contribution in [2.45, 2.75) is 31.1 Å². The maximum absolute atomic E-state index is 5.38. The van der Waals surface area contributed by atoms with E-state index in [-0.39, 0.29) is 0 Å². The van der Waals surface area contributed by atoms with Gasteiger partial charge in [0.15, 0.2) is 5.82 Å². The fourth-order valence-electron chi connectivity index (χ4n) is 1.87. The quantitative estimate of drug-likeness (QED) is 0.801. The van der Waals surface area contributed by atoms with E-state index in [1.165, 1.54) is 6.42 Å². The van der Waals surface area contributed by atoms with Gasteiger partial charge in [0.25, 0.3) is 0 Å². The molecule has 1 aromatic rings. The molecule has 0 aromatic carbocycles. The summed E-state index contributed by atoms with van der Waals surface area (Å²) in [6, 6.07) is 0.469. The smallest absolute Gasteiger partial charge is 0.232 e. The van der Waals surface area contributed by atoms with Crippen LogP contribution in [-0.4, -0.2) is 40.5 Å². The second kappa shape index (κ2) is 6.66. The summed E-state index contributed by atoms with van der Waals surface area (Å²) in [7, 11) is 2.00. The molecule has 1 aliphatic rings. The fraction of sp³-hybridized carbons (Fsp3) is 0.818. The standard InChI is InChI=1S/C11H19N3OS2/c1-3-4-16-7-10-13-11(15-14-10)8-5-17-6-9(8)12-2/h8-9,12H,3-7H2,1-2H3. The largest absolute Gasteiger partial charge is 0.339 e. The molecule has 1 saturated heterocycles. The lowest BCUT2D eigenvalue weighted by molar-refractivity contribution is 0.341. The van der Waals surface area contributed by atoms with Crippen LogP contribution in [0.1, 0.15) is 31.0 Å². The zero-order chi connectivity index (χ0) is 12.1. The highest BCUT2D eigenvalue weighted by molar-refractivity contribution is 7.99. The van der Waals surface area contributed by atoms with Gasteiger partial charge in [-0.2, -0.15) is 28.5 Å². The molecule has 1 N–H and O–H groups in total. The van der Waals surface area contributed by atoms with Crippen LogP contribution in [0.2, 0.25) is 0 Å². The molecule has 1 aromatic heterocycles. The summed E-state index contributed by atoms with van der Waals surface area (Å²) in [6.07, 6.45) is 1.19. The summed E-state index contributed by atoms with van der Waals surface area (Å²) in [5, 5.41) is 7.38. The van der Waals surface area contributed by atoms with Crippen LogP contribution < -0.4 is 5.32 Å². The molecule has 0 spiro atoms. The van der Waals surface area contributed by atoms with Gasteiger partial charge in [0.2, 0.25) is 5.89 Å². The highest BCUT2D eigenvalue weighted by Crippen LogP contribution is 2.31. The maximum Gasteiger partial charge on any atom is 0.232 e. The summed E-state index contributed by atoms with van der Waals surface area (Å²) < 4.78 is 5.38. The molecule has 2 heterocycles. The molecular weight excluding hydrogens is 254 g/mol. The molecule has 2 rings (SSSR count). The number of hydrogen-bond acceptors (Lipinski definition) is 6. The van der Waals surface area contributed by atoms with Crippen LogP contribution in [0.25, 0.3) is 0 Å². The van der Waals surface area contributed by atoms with Crippen molar-refractivity contribution in [2.24, 2.45) is 0 Å². The van der Waals surface area contributed by atoms with Crippen LogP contribution in [-0.2, 0) is 5.75 Å². The van der Waals surface area contributed by atoms with Gasteiger partial charge < -0.3 is 9.84 Å². The number of thioether (sulfide) groups is 2. The van der Waals surface area contributed by atoms with Gasteiger partial charge in [0.05, 0.1) is 11.7 Å². The molecule has 1 aliphatic heterocycles. The van der Waals surface area contributed by atoms with E-state index in [2.05, 4.69) is 22.4 Å². The maximum atomic E-state index is 5.38. The van der Waals surface area contributed by atoms with Crippen molar-refractivity contribution in [3.63, 3.8) is 0 Å². The Morgan fingerprint density at radius 1 is 1.53 bits per heavy atom. The Labute approximate surface area is 111 Å². The molecule has 0 radical (unpaired) electrons. The van der Waals surface area contributed by atoms with E-state index in [4.69, 9.17) is 4.52 Å². The lowest BCUT2D eigenvalue weighted by Crippen LogP contribution is -2.31. The highest BCUT2D eigenvalue weighted by Gasteiger charge is 2.32. The predicted octanol–water partition coefficient (Wildman–Crippen LogP) is 2.13. The highest BCUT2D eigenvalue weighted by atomic mass is 32.2. The Balaban J connectivity index is 1.93. The van der Waals surface area contributed by atoms with Crippen LogP contribution in [0, 0.1) is 0 Å². The minimum Gasteiger partial charge on any atom is -0.339 e. The normalized spacial score (nSPS) is 24.4. The molecule has 0 aliphatic carbocycles. The van der Waals surface area contributed by atoms with Gasteiger partial charge in [0, 0.05) is 17.5 Å². The second-order valence-corrected chi connectivity index (χ2v) is 6.32. The number of likely N-dealkylation sites (N-methyl/N-ethyl adjacent to an activating group) is 1. The molecule has 0 amide bonds. The Kier molecular flexibility index (Phi) is 5.18. The van der Waals surface area contributed by atoms with E-state index >= 15 is 0 Å². The van der Waals surface area contributed by atoms with Crippen molar-refractivity contribution in [3.8, 4) is 0 Å². The van der Waals surface area contributed by atoms with Gasteiger partial charge in [-0.15, -0.1) is 0 Å². The van der Waals surface area contributed by atoms with Crippen LogP contribution in [0.3, 0.4) is 0 Å². The van der Waals surface area contributed by atoms with Crippen LogP contribution in [0.15, 0.2) is 4.52 Å². The van der Waals surface area contributed by atoms with E-state index in [9.17, 15) is 0 Å². The lowest BCUT2D eigenvalue weighted by atomic mass is 10.0. The van der Waals surface area contributed by atoms with Gasteiger partial charge in [-0.3, -0.25) is 0 Å². The van der Waals surface area contributed by atoms with Crippen molar-refractivity contribution in [2.75, 3.05) is 24.3 Å². The van der Waals surface area contributed by atoms with E-state index in [0.29, 0.717) is 12.0 Å². The first kappa shape index (κ1) is 13.2. The summed E-state index contributed by atoms with van der Waals surface area (Å²) in [5.74, 6) is 6.25. The van der Waals surface area contributed by atoms with Crippen molar-refractivity contribution < 1.29 is 4.52 Å². The van der Waals surface area contributed by atoms with Crippen molar-refractivity contribution >= 4 is 23.5 Å². The third kappa shape index (κ3) is 3.39. The van der Waals surface area contributed by atoms with Gasteiger partial charge in [-0.1, -0.05) is 12.1 Å². The third-order valence-corrected chi connectivity index (χ3v) is 5.18. The van der Waals surface area contributed by atoms with Crippen molar-refractivity contribution in [3.05, 3.63) is 11.7 Å². The number of aromatic nitrogens is 2.